The molecular formula is C15H20N2O4. The van der Waals surface area contributed by atoms with E-state index in [1.54, 1.807) is 25.1 Å². The minimum absolute atomic E-state index is 0.131. The van der Waals surface area contributed by atoms with Gasteiger partial charge in [0, 0.05) is 11.6 Å². The molecule has 0 fully saturated rings. The second-order valence-corrected chi connectivity index (χ2v) is 4.82. The number of carbonyl (C=O) groups is 3. The van der Waals surface area contributed by atoms with Crippen LogP contribution in [0.15, 0.2) is 24.3 Å². The first-order chi connectivity index (χ1) is 9.92. The van der Waals surface area contributed by atoms with E-state index < -0.39 is 17.9 Å². The number of benzene rings is 1. The second kappa shape index (κ2) is 8.04. The summed E-state index contributed by atoms with van der Waals surface area (Å²) in [6, 6.07) is 6.61. The predicted molar refractivity (Wildman–Crippen MR) is 78.0 cm³/mol. The molecule has 0 aromatic heterocycles. The highest BCUT2D eigenvalue weighted by Gasteiger charge is 2.14. The lowest BCUT2D eigenvalue weighted by molar-refractivity contribution is -0.137. The summed E-state index contributed by atoms with van der Waals surface area (Å²) < 4.78 is 0. The molecular weight excluding hydrogens is 272 g/mol. The zero-order chi connectivity index (χ0) is 15.8. The molecule has 1 rings (SSSR count). The maximum atomic E-state index is 11.8. The number of carboxylic acids is 1. The van der Waals surface area contributed by atoms with Gasteiger partial charge in [0.05, 0.1) is 13.0 Å². The lowest BCUT2D eigenvalue weighted by Gasteiger charge is -2.15. The molecule has 114 valence electrons. The Hall–Kier alpha value is -2.37. The minimum atomic E-state index is -0.967. The topological polar surface area (TPSA) is 95.5 Å². The van der Waals surface area contributed by atoms with Crippen molar-refractivity contribution in [1.29, 1.82) is 0 Å². The Kier molecular flexibility index (Phi) is 6.39. The number of amides is 2. The van der Waals surface area contributed by atoms with Gasteiger partial charge in [0.2, 0.25) is 5.91 Å². The van der Waals surface area contributed by atoms with Crippen molar-refractivity contribution in [1.82, 2.24) is 10.6 Å². The molecule has 0 aliphatic carbocycles. The number of nitrogens with one attached hydrogen (secondary N) is 2. The van der Waals surface area contributed by atoms with Gasteiger partial charge in [0.1, 0.15) is 0 Å². The quantitative estimate of drug-likeness (QED) is 0.701. The summed E-state index contributed by atoms with van der Waals surface area (Å²) in [5.41, 5.74) is 1.44. The first kappa shape index (κ1) is 16.7. The Labute approximate surface area is 123 Å². The van der Waals surface area contributed by atoms with Crippen LogP contribution in [0.25, 0.3) is 0 Å². The van der Waals surface area contributed by atoms with Crippen LogP contribution in [0, 0.1) is 6.92 Å². The predicted octanol–water partition coefficient (Wildman–Crippen LogP) is 1.09. The lowest BCUT2D eigenvalue weighted by Crippen LogP contribution is -2.42. The van der Waals surface area contributed by atoms with E-state index in [0.717, 1.165) is 5.56 Å². The number of hydrogen-bond acceptors (Lipinski definition) is 3. The third-order valence-corrected chi connectivity index (χ3v) is 2.97. The van der Waals surface area contributed by atoms with Crippen LogP contribution in [0.3, 0.4) is 0 Å². The van der Waals surface area contributed by atoms with Gasteiger partial charge in [-0.3, -0.25) is 14.4 Å². The molecule has 21 heavy (non-hydrogen) atoms. The summed E-state index contributed by atoms with van der Waals surface area (Å²) in [6.07, 6.45) is 0.387. The van der Waals surface area contributed by atoms with Crippen molar-refractivity contribution in [2.45, 2.75) is 32.7 Å². The number of carbonyl (C=O) groups excluding carboxylic acids is 2. The van der Waals surface area contributed by atoms with E-state index >= 15 is 0 Å². The summed E-state index contributed by atoms with van der Waals surface area (Å²) in [4.78, 5) is 34.1. The summed E-state index contributed by atoms with van der Waals surface area (Å²) in [5, 5.41) is 13.8. The molecule has 3 N–H and O–H groups in total. The van der Waals surface area contributed by atoms with E-state index in [4.69, 9.17) is 5.11 Å². The van der Waals surface area contributed by atoms with Gasteiger partial charge in [0.25, 0.3) is 5.91 Å². The fourth-order valence-electron chi connectivity index (χ4n) is 1.84. The third kappa shape index (κ3) is 6.07. The number of hydrogen-bond donors (Lipinski definition) is 3. The number of carboxylic acid groups (broad SMARTS) is 1. The van der Waals surface area contributed by atoms with Gasteiger partial charge in [0.15, 0.2) is 0 Å². The Morgan fingerprint density at radius 1 is 1.29 bits per heavy atom. The molecule has 0 radical (unpaired) electrons. The van der Waals surface area contributed by atoms with E-state index in [-0.39, 0.29) is 18.9 Å². The van der Waals surface area contributed by atoms with Crippen LogP contribution in [-0.2, 0) is 9.59 Å². The van der Waals surface area contributed by atoms with Gasteiger partial charge in [-0.2, -0.15) is 0 Å². The standard InChI is InChI=1S/C15H20N2O4/c1-3-12(8-14(19)20)17-13(18)9-16-15(21)11-6-4-5-10(2)7-11/h4-7,12H,3,8-9H2,1-2H3,(H,16,21)(H,17,18)(H,19,20). The van der Waals surface area contributed by atoms with Crippen molar-refractivity contribution in [2.24, 2.45) is 0 Å². The first-order valence-electron chi connectivity index (χ1n) is 6.78. The fraction of sp³-hybridized carbons (Fsp3) is 0.400. The molecule has 1 aromatic carbocycles. The summed E-state index contributed by atoms with van der Waals surface area (Å²) in [7, 11) is 0. The van der Waals surface area contributed by atoms with Crippen molar-refractivity contribution in [3.63, 3.8) is 0 Å². The highest BCUT2D eigenvalue weighted by atomic mass is 16.4. The number of aliphatic carboxylic acids is 1. The van der Waals surface area contributed by atoms with E-state index in [1.807, 2.05) is 13.0 Å². The molecule has 1 unspecified atom stereocenters. The third-order valence-electron chi connectivity index (χ3n) is 2.97. The van der Waals surface area contributed by atoms with Crippen LogP contribution in [-0.4, -0.2) is 35.5 Å². The molecule has 0 heterocycles. The molecule has 0 aliphatic rings. The van der Waals surface area contributed by atoms with E-state index in [2.05, 4.69) is 10.6 Å². The van der Waals surface area contributed by atoms with Crippen LogP contribution >= 0.6 is 0 Å². The summed E-state index contributed by atoms with van der Waals surface area (Å²) in [6.45, 7) is 3.49. The molecule has 6 heteroatoms. The molecule has 0 saturated heterocycles. The largest absolute Gasteiger partial charge is 0.481 e. The van der Waals surface area contributed by atoms with Gasteiger partial charge in [-0.25, -0.2) is 0 Å². The number of rotatable bonds is 7. The molecule has 1 aromatic rings. The van der Waals surface area contributed by atoms with Crippen LogP contribution in [0.4, 0.5) is 0 Å². The fourth-order valence-corrected chi connectivity index (χ4v) is 1.84. The second-order valence-electron chi connectivity index (χ2n) is 4.82. The van der Waals surface area contributed by atoms with E-state index in [9.17, 15) is 14.4 Å². The molecule has 0 saturated carbocycles. The van der Waals surface area contributed by atoms with E-state index in [1.165, 1.54) is 0 Å². The van der Waals surface area contributed by atoms with Gasteiger partial charge in [-0.1, -0.05) is 24.6 Å². The zero-order valence-electron chi connectivity index (χ0n) is 12.2. The Morgan fingerprint density at radius 2 is 2.00 bits per heavy atom. The highest BCUT2D eigenvalue weighted by molar-refractivity contribution is 5.96. The number of aryl methyl sites for hydroxylation is 1. The first-order valence-corrected chi connectivity index (χ1v) is 6.78. The Morgan fingerprint density at radius 3 is 2.57 bits per heavy atom. The molecule has 0 spiro atoms. The van der Waals surface area contributed by atoms with Crippen molar-refractivity contribution < 1.29 is 19.5 Å². The summed E-state index contributed by atoms with van der Waals surface area (Å²) >= 11 is 0. The van der Waals surface area contributed by atoms with E-state index in [0.29, 0.717) is 12.0 Å². The van der Waals surface area contributed by atoms with Crippen molar-refractivity contribution in [3.8, 4) is 0 Å². The average molecular weight is 292 g/mol. The van der Waals surface area contributed by atoms with Crippen molar-refractivity contribution in [3.05, 3.63) is 35.4 Å². The van der Waals surface area contributed by atoms with Crippen LogP contribution < -0.4 is 10.6 Å². The van der Waals surface area contributed by atoms with Gasteiger partial charge < -0.3 is 15.7 Å². The summed E-state index contributed by atoms with van der Waals surface area (Å²) in [5.74, 6) is -1.70. The van der Waals surface area contributed by atoms with Crippen molar-refractivity contribution in [2.75, 3.05) is 6.54 Å². The maximum absolute atomic E-state index is 11.8. The van der Waals surface area contributed by atoms with Crippen LogP contribution in [0.5, 0.6) is 0 Å². The molecule has 0 bridgehead atoms. The minimum Gasteiger partial charge on any atom is -0.481 e. The molecule has 0 aliphatic heterocycles. The molecule has 2 amide bonds. The van der Waals surface area contributed by atoms with Gasteiger partial charge >= 0.3 is 5.97 Å². The normalized spacial score (nSPS) is 11.5. The smallest absolute Gasteiger partial charge is 0.305 e. The van der Waals surface area contributed by atoms with Crippen LogP contribution in [0.1, 0.15) is 35.7 Å². The zero-order valence-corrected chi connectivity index (χ0v) is 12.2. The molecule has 6 nitrogen and oxygen atoms in total. The van der Waals surface area contributed by atoms with Crippen LogP contribution in [0.2, 0.25) is 0 Å². The average Bonchev–Trinajstić information content (AvgIpc) is 2.43. The van der Waals surface area contributed by atoms with Gasteiger partial charge in [-0.05, 0) is 25.5 Å². The molecule has 1 atom stereocenters. The monoisotopic (exact) mass is 292 g/mol. The maximum Gasteiger partial charge on any atom is 0.305 e. The Bertz CT molecular complexity index is 528. The highest BCUT2D eigenvalue weighted by Crippen LogP contribution is 2.03. The SMILES string of the molecule is CCC(CC(=O)O)NC(=O)CNC(=O)c1cccc(C)c1. The Balaban J connectivity index is 2.45. The van der Waals surface area contributed by atoms with Gasteiger partial charge in [-0.15, -0.1) is 0 Å². The van der Waals surface area contributed by atoms with Crippen molar-refractivity contribution >= 4 is 17.8 Å². The lowest BCUT2D eigenvalue weighted by atomic mass is 10.1.